The van der Waals surface area contributed by atoms with Gasteiger partial charge in [-0.05, 0) is 85.4 Å². The Morgan fingerprint density at radius 3 is 2.78 bits per heavy atom. The number of benzene rings is 2. The van der Waals surface area contributed by atoms with Gasteiger partial charge in [0.1, 0.15) is 5.82 Å². The van der Waals surface area contributed by atoms with Crippen molar-refractivity contribution in [2.24, 2.45) is 11.7 Å². The van der Waals surface area contributed by atoms with Crippen LogP contribution in [0.3, 0.4) is 0 Å². The first-order chi connectivity index (χ1) is 17.1. The second kappa shape index (κ2) is 8.89. The fraction of sp³-hybridized carbons (Fsp3) is 0.379. The fourth-order valence-electron chi connectivity index (χ4n) is 6.00. The summed E-state index contributed by atoms with van der Waals surface area (Å²) >= 11 is 0. The van der Waals surface area contributed by atoms with E-state index < -0.39 is 11.5 Å². The van der Waals surface area contributed by atoms with Gasteiger partial charge in [-0.2, -0.15) is 0 Å². The maximum absolute atomic E-state index is 16.0. The summed E-state index contributed by atoms with van der Waals surface area (Å²) in [6, 6.07) is 7.26. The highest BCUT2D eigenvalue weighted by Gasteiger charge is 2.34. The molecule has 2 amide bonds. The summed E-state index contributed by atoms with van der Waals surface area (Å²) in [4.78, 5) is 29.3. The lowest BCUT2D eigenvalue weighted by Crippen LogP contribution is -2.35. The molecule has 0 radical (unpaired) electrons. The molecular formula is C29H32FN3O3. The van der Waals surface area contributed by atoms with Crippen LogP contribution >= 0.6 is 0 Å². The van der Waals surface area contributed by atoms with E-state index in [0.29, 0.717) is 43.5 Å². The monoisotopic (exact) mass is 489 g/mol. The third-order valence-electron chi connectivity index (χ3n) is 7.88. The highest BCUT2D eigenvalue weighted by Crippen LogP contribution is 2.44. The second-order valence-electron chi connectivity index (χ2n) is 10.6. The van der Waals surface area contributed by atoms with E-state index in [4.69, 9.17) is 5.73 Å². The number of hydrogen-bond acceptors (Lipinski definition) is 3. The van der Waals surface area contributed by atoms with Crippen molar-refractivity contribution in [2.45, 2.75) is 58.1 Å². The van der Waals surface area contributed by atoms with Gasteiger partial charge in [0, 0.05) is 29.7 Å². The lowest BCUT2D eigenvalue weighted by Gasteiger charge is -2.32. The van der Waals surface area contributed by atoms with Gasteiger partial charge in [0.15, 0.2) is 0 Å². The minimum atomic E-state index is -0.827. The summed E-state index contributed by atoms with van der Waals surface area (Å²) in [5, 5.41) is 11.4. The van der Waals surface area contributed by atoms with E-state index in [9.17, 15) is 14.7 Å². The van der Waals surface area contributed by atoms with Crippen LogP contribution in [-0.4, -0.2) is 39.0 Å². The van der Waals surface area contributed by atoms with Gasteiger partial charge < -0.3 is 20.7 Å². The standard InChI is InChI=1S/C29H32FN3O3/c1-4-25(35)33-11-10-19-16(15-33)6-5-7-20(19)26-22(30)12-17(13-24(31)34)28-27(26)21-9-8-18(29(2,3)36)14-23(21)32-28/h4-7,12,18,32,36H,1,8-11,13-15H2,2-3H3,(H2,31,34)/t18-/m0/s1. The molecule has 1 aliphatic heterocycles. The molecule has 1 aliphatic carbocycles. The van der Waals surface area contributed by atoms with Gasteiger partial charge in [-0.15, -0.1) is 0 Å². The molecule has 188 valence electrons. The molecule has 1 atom stereocenters. The van der Waals surface area contributed by atoms with Crippen LogP contribution in [-0.2, 0) is 41.8 Å². The Morgan fingerprint density at radius 2 is 2.08 bits per heavy atom. The number of nitrogens with one attached hydrogen (secondary N) is 1. The zero-order valence-electron chi connectivity index (χ0n) is 20.8. The number of H-pyrrole nitrogens is 1. The lowest BCUT2D eigenvalue weighted by atomic mass is 9.77. The molecule has 2 heterocycles. The molecule has 1 aromatic heterocycles. The molecule has 5 rings (SSSR count). The van der Waals surface area contributed by atoms with E-state index in [1.54, 1.807) is 4.90 Å². The zero-order valence-corrected chi connectivity index (χ0v) is 20.8. The van der Waals surface area contributed by atoms with E-state index in [0.717, 1.165) is 45.3 Å². The molecule has 6 nitrogen and oxygen atoms in total. The second-order valence-corrected chi connectivity index (χ2v) is 10.6. The topological polar surface area (TPSA) is 99.4 Å². The number of aryl methyl sites for hydroxylation is 1. The largest absolute Gasteiger partial charge is 0.390 e. The Bertz CT molecular complexity index is 1400. The lowest BCUT2D eigenvalue weighted by molar-refractivity contribution is -0.126. The molecule has 0 bridgehead atoms. The van der Waals surface area contributed by atoms with Crippen molar-refractivity contribution in [1.82, 2.24) is 9.88 Å². The average Bonchev–Trinajstić information content (AvgIpc) is 3.21. The number of amides is 2. The maximum Gasteiger partial charge on any atom is 0.246 e. The predicted octanol–water partition coefficient (Wildman–Crippen LogP) is 3.95. The molecule has 0 saturated heterocycles. The van der Waals surface area contributed by atoms with Crippen molar-refractivity contribution in [3.63, 3.8) is 0 Å². The number of aromatic amines is 1. The molecule has 0 spiro atoms. The smallest absolute Gasteiger partial charge is 0.246 e. The Labute approximate surface area is 210 Å². The number of rotatable bonds is 5. The van der Waals surface area contributed by atoms with Crippen LogP contribution in [0.2, 0.25) is 0 Å². The Morgan fingerprint density at radius 1 is 1.31 bits per heavy atom. The van der Waals surface area contributed by atoms with Gasteiger partial charge in [-0.3, -0.25) is 9.59 Å². The zero-order chi connectivity index (χ0) is 25.8. The molecule has 0 saturated carbocycles. The van der Waals surface area contributed by atoms with Crippen LogP contribution < -0.4 is 5.73 Å². The first-order valence-electron chi connectivity index (χ1n) is 12.5. The SMILES string of the molecule is C=CC(=O)N1CCc2c(cccc2-c2c(F)cc(CC(N)=O)c3[nH]c4c(c23)CC[C@H](C(C)(C)O)C4)C1. The molecule has 0 unspecified atom stereocenters. The first kappa shape index (κ1) is 24.3. The molecule has 0 fully saturated rings. The molecule has 4 N–H and O–H groups in total. The van der Waals surface area contributed by atoms with E-state index in [1.165, 1.54) is 12.1 Å². The van der Waals surface area contributed by atoms with Crippen molar-refractivity contribution in [2.75, 3.05) is 6.54 Å². The maximum atomic E-state index is 16.0. The number of halogens is 1. The summed E-state index contributed by atoms with van der Waals surface area (Å²) < 4.78 is 16.0. The van der Waals surface area contributed by atoms with Crippen LogP contribution in [0.5, 0.6) is 0 Å². The number of nitrogens with two attached hydrogens (primary N) is 1. The first-order valence-corrected chi connectivity index (χ1v) is 12.5. The highest BCUT2D eigenvalue weighted by atomic mass is 19.1. The number of carbonyl (C=O) groups excluding carboxylic acids is 2. The molecule has 2 aliphatic rings. The van der Waals surface area contributed by atoms with Crippen LogP contribution in [0, 0.1) is 11.7 Å². The number of fused-ring (bicyclic) bond motifs is 4. The molecule has 36 heavy (non-hydrogen) atoms. The van der Waals surface area contributed by atoms with Gasteiger partial charge in [-0.25, -0.2) is 4.39 Å². The third kappa shape index (κ3) is 4.11. The van der Waals surface area contributed by atoms with Crippen molar-refractivity contribution >= 4 is 22.7 Å². The van der Waals surface area contributed by atoms with Crippen LogP contribution in [0.1, 0.15) is 48.2 Å². The third-order valence-corrected chi connectivity index (χ3v) is 7.88. The van der Waals surface area contributed by atoms with E-state index in [-0.39, 0.29) is 24.1 Å². The van der Waals surface area contributed by atoms with Gasteiger partial charge in [0.2, 0.25) is 11.8 Å². The summed E-state index contributed by atoms with van der Waals surface area (Å²) in [7, 11) is 0. The summed E-state index contributed by atoms with van der Waals surface area (Å²) in [6.07, 6.45) is 4.01. The normalized spacial score (nSPS) is 17.6. The summed E-state index contributed by atoms with van der Waals surface area (Å²) in [6.45, 7) is 8.24. The van der Waals surface area contributed by atoms with Crippen LogP contribution in [0.4, 0.5) is 4.39 Å². The average molecular weight is 490 g/mol. The van der Waals surface area contributed by atoms with Gasteiger partial charge in [0.05, 0.1) is 17.5 Å². The predicted molar refractivity (Wildman–Crippen MR) is 138 cm³/mol. The van der Waals surface area contributed by atoms with Gasteiger partial charge >= 0.3 is 0 Å². The quantitative estimate of drug-likeness (QED) is 0.473. The number of carbonyl (C=O) groups is 2. The number of aromatic nitrogens is 1. The van der Waals surface area contributed by atoms with Crippen molar-refractivity contribution in [3.05, 3.63) is 70.7 Å². The minimum Gasteiger partial charge on any atom is -0.390 e. The minimum absolute atomic E-state index is 0.0620. The van der Waals surface area contributed by atoms with E-state index in [1.807, 2.05) is 32.0 Å². The number of aliphatic hydroxyl groups is 1. The van der Waals surface area contributed by atoms with Crippen molar-refractivity contribution in [3.8, 4) is 11.1 Å². The molecule has 2 aromatic carbocycles. The van der Waals surface area contributed by atoms with Crippen molar-refractivity contribution < 1.29 is 19.1 Å². The van der Waals surface area contributed by atoms with Crippen molar-refractivity contribution in [1.29, 1.82) is 0 Å². The Hall–Kier alpha value is -3.45. The highest BCUT2D eigenvalue weighted by molar-refractivity contribution is 6.02. The molecular weight excluding hydrogens is 457 g/mol. The fourth-order valence-corrected chi connectivity index (χ4v) is 6.00. The number of hydrogen-bond donors (Lipinski definition) is 3. The molecule has 7 heteroatoms. The number of primary amides is 1. The van der Waals surface area contributed by atoms with Gasteiger partial charge in [0.25, 0.3) is 0 Å². The Balaban J connectivity index is 1.71. The number of nitrogens with zero attached hydrogens (tertiary/aromatic N) is 1. The van der Waals surface area contributed by atoms with Gasteiger partial charge in [-0.1, -0.05) is 24.8 Å². The van der Waals surface area contributed by atoms with Crippen LogP contribution in [0.15, 0.2) is 36.9 Å². The van der Waals surface area contributed by atoms with Crippen LogP contribution in [0.25, 0.3) is 22.0 Å². The van der Waals surface area contributed by atoms with E-state index >= 15 is 4.39 Å². The summed E-state index contributed by atoms with van der Waals surface area (Å²) in [5.74, 6) is -0.946. The summed E-state index contributed by atoms with van der Waals surface area (Å²) in [5.41, 5.74) is 11.4. The van der Waals surface area contributed by atoms with E-state index in [2.05, 4.69) is 11.6 Å². The molecule has 3 aromatic rings. The Kier molecular flexibility index (Phi) is 5.99.